The Bertz CT molecular complexity index is 1030. The van der Waals surface area contributed by atoms with Crippen molar-refractivity contribution in [3.63, 3.8) is 0 Å². The summed E-state index contributed by atoms with van der Waals surface area (Å²) in [7, 11) is 0. The number of H-pyrrole nitrogens is 1. The molecule has 2 heterocycles. The van der Waals surface area contributed by atoms with Crippen molar-refractivity contribution in [3.05, 3.63) is 57.0 Å². The molecular weight excluding hydrogens is 356 g/mol. The first kappa shape index (κ1) is 19.4. The number of nitrogens with zero attached hydrogens (tertiary/aromatic N) is 2. The highest BCUT2D eigenvalue weighted by Crippen LogP contribution is 2.29. The molecule has 0 atom stereocenters. The number of benzene rings is 1. The minimum Gasteiger partial charge on any atom is -0.325 e. The summed E-state index contributed by atoms with van der Waals surface area (Å²) in [6.45, 7) is 4.14. The Morgan fingerprint density at radius 2 is 2.04 bits per heavy atom. The normalized spacial score (nSPS) is 13.5. The van der Waals surface area contributed by atoms with Gasteiger partial charge in [0.25, 0.3) is 5.56 Å². The van der Waals surface area contributed by atoms with Crippen molar-refractivity contribution < 1.29 is 9.59 Å². The number of anilines is 2. The van der Waals surface area contributed by atoms with Gasteiger partial charge in [0.05, 0.1) is 11.4 Å². The average Bonchev–Trinajstić information content (AvgIpc) is 3.08. The van der Waals surface area contributed by atoms with E-state index in [1.165, 1.54) is 0 Å². The lowest BCUT2D eigenvalue weighted by Gasteiger charge is -2.20. The van der Waals surface area contributed by atoms with Gasteiger partial charge in [-0.1, -0.05) is 12.1 Å². The molecule has 1 saturated heterocycles. The highest BCUT2D eigenvalue weighted by Gasteiger charge is 2.24. The molecule has 2 N–H and O–H groups in total. The minimum absolute atomic E-state index is 0.0604. The molecular formula is C21H22N4O3. The smallest absolute Gasteiger partial charge is 0.266 e. The molecule has 1 aromatic heterocycles. The third kappa shape index (κ3) is 3.81. The van der Waals surface area contributed by atoms with Crippen LogP contribution in [0.3, 0.4) is 0 Å². The number of para-hydroxylation sites is 2. The van der Waals surface area contributed by atoms with Gasteiger partial charge in [-0.25, -0.2) is 0 Å². The summed E-state index contributed by atoms with van der Waals surface area (Å²) in [5.74, 6) is -0.132. The minimum atomic E-state index is -0.407. The molecule has 28 heavy (non-hydrogen) atoms. The number of amides is 2. The molecule has 0 spiro atoms. The number of nitrogens with one attached hydrogen (secondary N) is 2. The first-order valence-electron chi connectivity index (χ1n) is 9.24. The topological polar surface area (TPSA) is 106 Å². The summed E-state index contributed by atoms with van der Waals surface area (Å²) in [4.78, 5) is 40.8. The second-order valence-electron chi connectivity index (χ2n) is 6.88. The van der Waals surface area contributed by atoms with Gasteiger partial charge in [0, 0.05) is 25.1 Å². The van der Waals surface area contributed by atoms with Crippen LogP contribution in [0.15, 0.2) is 29.1 Å². The van der Waals surface area contributed by atoms with Crippen LogP contribution in [0.2, 0.25) is 0 Å². The predicted octanol–water partition coefficient (Wildman–Crippen LogP) is 2.56. The Morgan fingerprint density at radius 1 is 1.29 bits per heavy atom. The van der Waals surface area contributed by atoms with Crippen molar-refractivity contribution in [1.29, 1.82) is 5.26 Å². The molecule has 1 fully saturated rings. The highest BCUT2D eigenvalue weighted by atomic mass is 16.2. The van der Waals surface area contributed by atoms with Crippen LogP contribution < -0.4 is 15.8 Å². The molecule has 3 rings (SSSR count). The summed E-state index contributed by atoms with van der Waals surface area (Å²) in [6, 6.07) is 9.18. The van der Waals surface area contributed by atoms with Crippen LogP contribution in [0.4, 0.5) is 11.4 Å². The molecule has 1 aliphatic heterocycles. The molecule has 1 aliphatic rings. The summed E-state index contributed by atoms with van der Waals surface area (Å²) in [5.41, 5.74) is 3.07. The summed E-state index contributed by atoms with van der Waals surface area (Å²) >= 11 is 0. The number of aryl methyl sites for hydroxylation is 1. The van der Waals surface area contributed by atoms with Crippen molar-refractivity contribution in [3.8, 4) is 6.07 Å². The maximum absolute atomic E-state index is 12.5. The van der Waals surface area contributed by atoms with Crippen LogP contribution in [0.1, 0.15) is 41.6 Å². The quantitative estimate of drug-likeness (QED) is 0.834. The van der Waals surface area contributed by atoms with Crippen LogP contribution in [0, 0.1) is 25.2 Å². The van der Waals surface area contributed by atoms with Gasteiger partial charge >= 0.3 is 0 Å². The van der Waals surface area contributed by atoms with E-state index >= 15 is 0 Å². The fourth-order valence-corrected chi connectivity index (χ4v) is 3.59. The van der Waals surface area contributed by atoms with Crippen LogP contribution in [0.5, 0.6) is 0 Å². The monoisotopic (exact) mass is 378 g/mol. The van der Waals surface area contributed by atoms with Crippen molar-refractivity contribution in [2.24, 2.45) is 0 Å². The lowest BCUT2D eigenvalue weighted by Crippen LogP contribution is -2.25. The average molecular weight is 378 g/mol. The second kappa shape index (κ2) is 8.09. The third-order valence-corrected chi connectivity index (χ3v) is 5.06. The fourth-order valence-electron chi connectivity index (χ4n) is 3.59. The largest absolute Gasteiger partial charge is 0.325 e. The Kier molecular flexibility index (Phi) is 5.59. The molecule has 0 aliphatic carbocycles. The van der Waals surface area contributed by atoms with Gasteiger partial charge in [-0.15, -0.1) is 0 Å². The van der Waals surface area contributed by atoms with E-state index in [-0.39, 0.29) is 23.8 Å². The summed E-state index contributed by atoms with van der Waals surface area (Å²) in [6.07, 6.45) is 1.93. The van der Waals surface area contributed by atoms with Crippen LogP contribution >= 0.6 is 0 Å². The zero-order chi connectivity index (χ0) is 20.3. The van der Waals surface area contributed by atoms with Crippen LogP contribution in [-0.4, -0.2) is 23.3 Å². The Labute approximate surface area is 163 Å². The number of hydrogen-bond acceptors (Lipinski definition) is 4. The molecule has 1 aromatic carbocycles. The van der Waals surface area contributed by atoms with E-state index in [0.29, 0.717) is 42.0 Å². The van der Waals surface area contributed by atoms with E-state index in [0.717, 1.165) is 12.0 Å². The van der Waals surface area contributed by atoms with Crippen molar-refractivity contribution in [1.82, 2.24) is 4.98 Å². The molecule has 7 heteroatoms. The molecule has 144 valence electrons. The van der Waals surface area contributed by atoms with Gasteiger partial charge in [-0.05, 0) is 49.9 Å². The Morgan fingerprint density at radius 3 is 2.71 bits per heavy atom. The first-order chi connectivity index (χ1) is 13.4. The molecule has 2 amide bonds. The standard InChI is InChI=1S/C21H22N4O3/c1-13-15(14(2)23-21(28)16(13)12-22)9-10-19(26)24-17-6-3-4-7-18(17)25-11-5-8-20(25)27/h3-4,6-7H,5,8-11H2,1-2H3,(H,23,28)(H,24,26). The number of nitriles is 1. The van der Waals surface area contributed by atoms with E-state index in [2.05, 4.69) is 10.3 Å². The lowest BCUT2D eigenvalue weighted by atomic mass is 9.99. The maximum Gasteiger partial charge on any atom is 0.266 e. The number of aromatic amines is 1. The highest BCUT2D eigenvalue weighted by molar-refractivity contribution is 6.02. The van der Waals surface area contributed by atoms with E-state index < -0.39 is 5.56 Å². The Hall–Kier alpha value is -3.40. The third-order valence-electron chi connectivity index (χ3n) is 5.06. The zero-order valence-corrected chi connectivity index (χ0v) is 16.0. The molecule has 0 saturated carbocycles. The number of aromatic nitrogens is 1. The number of rotatable bonds is 5. The molecule has 7 nitrogen and oxygen atoms in total. The van der Waals surface area contributed by atoms with Gasteiger partial charge in [-0.2, -0.15) is 5.26 Å². The number of hydrogen-bond donors (Lipinski definition) is 2. The van der Waals surface area contributed by atoms with Crippen LogP contribution in [0.25, 0.3) is 0 Å². The Balaban J connectivity index is 1.74. The number of carbonyl (C=O) groups is 2. The second-order valence-corrected chi connectivity index (χ2v) is 6.88. The van der Waals surface area contributed by atoms with Crippen molar-refractivity contribution >= 4 is 23.2 Å². The number of pyridine rings is 1. The zero-order valence-electron chi connectivity index (χ0n) is 16.0. The van der Waals surface area contributed by atoms with Crippen LogP contribution in [-0.2, 0) is 16.0 Å². The van der Waals surface area contributed by atoms with E-state index in [4.69, 9.17) is 5.26 Å². The molecule has 0 bridgehead atoms. The summed E-state index contributed by atoms with van der Waals surface area (Å²) in [5, 5.41) is 12.0. The van der Waals surface area contributed by atoms with Gasteiger partial charge in [0.15, 0.2) is 0 Å². The fraction of sp³-hybridized carbons (Fsp3) is 0.333. The summed E-state index contributed by atoms with van der Waals surface area (Å²) < 4.78 is 0. The van der Waals surface area contributed by atoms with Gasteiger partial charge in [0.1, 0.15) is 11.6 Å². The van der Waals surface area contributed by atoms with Gasteiger partial charge in [-0.3, -0.25) is 14.4 Å². The lowest BCUT2D eigenvalue weighted by molar-refractivity contribution is -0.117. The molecule has 0 unspecified atom stereocenters. The van der Waals surface area contributed by atoms with E-state index in [1.54, 1.807) is 24.8 Å². The predicted molar refractivity (Wildman–Crippen MR) is 106 cm³/mol. The van der Waals surface area contributed by atoms with Gasteiger partial charge in [0.2, 0.25) is 11.8 Å². The molecule has 0 radical (unpaired) electrons. The van der Waals surface area contributed by atoms with E-state index in [9.17, 15) is 14.4 Å². The van der Waals surface area contributed by atoms with Crippen molar-refractivity contribution in [2.45, 2.75) is 39.5 Å². The SMILES string of the molecule is Cc1[nH]c(=O)c(C#N)c(C)c1CCC(=O)Nc1ccccc1N1CCCC1=O. The van der Waals surface area contributed by atoms with Gasteiger partial charge < -0.3 is 15.2 Å². The first-order valence-corrected chi connectivity index (χ1v) is 9.24. The van der Waals surface area contributed by atoms with Crippen molar-refractivity contribution in [2.75, 3.05) is 16.8 Å². The number of carbonyl (C=O) groups excluding carboxylic acids is 2. The molecule has 2 aromatic rings. The maximum atomic E-state index is 12.5. The van der Waals surface area contributed by atoms with E-state index in [1.807, 2.05) is 24.3 Å².